The van der Waals surface area contributed by atoms with E-state index in [0.29, 0.717) is 11.3 Å². The summed E-state index contributed by atoms with van der Waals surface area (Å²) in [7, 11) is 0. The number of carbonyl (C=O) groups is 3. The summed E-state index contributed by atoms with van der Waals surface area (Å²) in [5.41, 5.74) is 5.09. The zero-order chi connectivity index (χ0) is 23.0. The lowest BCUT2D eigenvalue weighted by atomic mass is 9.99. The third-order valence-corrected chi connectivity index (χ3v) is 4.87. The molecule has 0 heterocycles. The number of ketones is 1. The SMILES string of the molecule is Cc1cc(C)cc(N(CCC#N)C(=O)COC(=O)CCC(=O)c2cc(C)ccc2C)c1. The molecule has 0 spiro atoms. The molecule has 0 saturated carbocycles. The Kier molecular flexibility index (Phi) is 8.51. The highest BCUT2D eigenvalue weighted by atomic mass is 16.5. The van der Waals surface area contributed by atoms with E-state index in [1.165, 1.54) is 4.90 Å². The molecule has 0 aliphatic heterocycles. The van der Waals surface area contributed by atoms with E-state index in [2.05, 4.69) is 0 Å². The van der Waals surface area contributed by atoms with Gasteiger partial charge in [0.2, 0.25) is 0 Å². The molecule has 162 valence electrons. The number of nitriles is 1. The van der Waals surface area contributed by atoms with E-state index in [1.54, 1.807) is 0 Å². The van der Waals surface area contributed by atoms with Crippen molar-refractivity contribution >= 4 is 23.3 Å². The Balaban J connectivity index is 1.95. The number of hydrogen-bond donors (Lipinski definition) is 0. The van der Waals surface area contributed by atoms with Crippen molar-refractivity contribution in [2.45, 2.75) is 47.0 Å². The van der Waals surface area contributed by atoms with Crippen LogP contribution in [0.3, 0.4) is 0 Å². The minimum atomic E-state index is -0.604. The zero-order valence-electron chi connectivity index (χ0n) is 18.5. The minimum Gasteiger partial charge on any atom is -0.456 e. The van der Waals surface area contributed by atoms with Gasteiger partial charge in [-0.1, -0.05) is 23.8 Å². The van der Waals surface area contributed by atoms with E-state index in [-0.39, 0.29) is 31.6 Å². The largest absolute Gasteiger partial charge is 0.456 e. The second-order valence-corrected chi connectivity index (χ2v) is 7.70. The molecule has 1 amide bonds. The van der Waals surface area contributed by atoms with Crippen molar-refractivity contribution in [1.82, 2.24) is 0 Å². The summed E-state index contributed by atoms with van der Waals surface area (Å²) in [6.07, 6.45) is 0.0881. The molecule has 0 unspecified atom stereocenters. The molecule has 2 aromatic rings. The summed E-state index contributed by atoms with van der Waals surface area (Å²) in [5.74, 6) is -1.14. The first-order valence-electron chi connectivity index (χ1n) is 10.2. The molecule has 0 N–H and O–H groups in total. The van der Waals surface area contributed by atoms with Crippen molar-refractivity contribution < 1.29 is 19.1 Å². The number of ether oxygens (including phenoxy) is 1. The number of nitrogens with zero attached hydrogens (tertiary/aromatic N) is 2. The van der Waals surface area contributed by atoms with Crippen molar-refractivity contribution in [2.75, 3.05) is 18.1 Å². The Morgan fingerprint density at radius 3 is 2.26 bits per heavy atom. The summed E-state index contributed by atoms with van der Waals surface area (Å²) in [6.45, 7) is 7.39. The fraction of sp³-hybridized carbons (Fsp3) is 0.360. The predicted octanol–water partition coefficient (Wildman–Crippen LogP) is 4.37. The van der Waals surface area contributed by atoms with E-state index in [1.807, 2.05) is 70.2 Å². The highest BCUT2D eigenvalue weighted by molar-refractivity contribution is 5.99. The fourth-order valence-corrected chi connectivity index (χ4v) is 3.34. The quantitative estimate of drug-likeness (QED) is 0.444. The van der Waals surface area contributed by atoms with Gasteiger partial charge < -0.3 is 9.64 Å². The number of anilines is 1. The standard InChI is InChI=1S/C25H28N2O4/c1-17-6-7-20(4)22(15-17)23(28)8-9-25(30)31-16-24(29)27(11-5-10-26)21-13-18(2)12-19(3)14-21/h6-7,12-15H,5,8-9,11,16H2,1-4H3. The average Bonchev–Trinajstić information content (AvgIpc) is 2.71. The second kappa shape index (κ2) is 11.1. The number of aryl methyl sites for hydroxylation is 4. The molecule has 0 bridgehead atoms. The number of Topliss-reactive ketones (excluding diaryl/α,β-unsaturated/α-hetero) is 1. The van der Waals surface area contributed by atoms with E-state index in [0.717, 1.165) is 22.3 Å². The van der Waals surface area contributed by atoms with Crippen molar-refractivity contribution in [3.63, 3.8) is 0 Å². The van der Waals surface area contributed by atoms with Crippen LogP contribution in [-0.4, -0.2) is 30.8 Å². The summed E-state index contributed by atoms with van der Waals surface area (Å²) < 4.78 is 5.12. The van der Waals surface area contributed by atoms with Gasteiger partial charge in [-0.15, -0.1) is 0 Å². The normalized spacial score (nSPS) is 10.3. The van der Waals surface area contributed by atoms with Crippen molar-refractivity contribution in [2.24, 2.45) is 0 Å². The topological polar surface area (TPSA) is 87.5 Å². The van der Waals surface area contributed by atoms with Gasteiger partial charge >= 0.3 is 5.97 Å². The molecule has 0 aromatic heterocycles. The monoisotopic (exact) mass is 420 g/mol. The maximum Gasteiger partial charge on any atom is 0.306 e. The molecular formula is C25H28N2O4. The van der Waals surface area contributed by atoms with Gasteiger partial charge in [-0.05, 0) is 62.6 Å². The van der Waals surface area contributed by atoms with Crippen molar-refractivity contribution in [3.8, 4) is 6.07 Å². The van der Waals surface area contributed by atoms with Crippen LogP contribution in [0.25, 0.3) is 0 Å². The van der Waals surface area contributed by atoms with Crippen LogP contribution in [0.15, 0.2) is 36.4 Å². The lowest BCUT2D eigenvalue weighted by Crippen LogP contribution is -2.35. The van der Waals surface area contributed by atoms with Gasteiger partial charge in [-0.25, -0.2) is 0 Å². The van der Waals surface area contributed by atoms with Crippen LogP contribution in [0.5, 0.6) is 0 Å². The number of carbonyl (C=O) groups excluding carboxylic acids is 3. The van der Waals surface area contributed by atoms with Crippen LogP contribution in [0.2, 0.25) is 0 Å². The summed E-state index contributed by atoms with van der Waals surface area (Å²) >= 11 is 0. The molecule has 0 aliphatic carbocycles. The minimum absolute atomic E-state index is 0.0204. The Hall–Kier alpha value is -3.46. The number of benzene rings is 2. The second-order valence-electron chi connectivity index (χ2n) is 7.70. The first kappa shape index (κ1) is 23.8. The Morgan fingerprint density at radius 2 is 1.61 bits per heavy atom. The Labute approximate surface area is 183 Å². The van der Waals surface area contributed by atoms with Gasteiger partial charge in [0.15, 0.2) is 12.4 Å². The third kappa shape index (κ3) is 7.07. The Morgan fingerprint density at radius 1 is 0.935 bits per heavy atom. The highest BCUT2D eigenvalue weighted by Crippen LogP contribution is 2.20. The molecular weight excluding hydrogens is 392 g/mol. The van der Waals surface area contributed by atoms with Gasteiger partial charge in [0.05, 0.1) is 18.9 Å². The van der Waals surface area contributed by atoms with Gasteiger partial charge in [0.1, 0.15) is 0 Å². The number of hydrogen-bond acceptors (Lipinski definition) is 5. The molecule has 2 rings (SSSR count). The molecule has 6 nitrogen and oxygen atoms in total. The van der Waals surface area contributed by atoms with Gasteiger partial charge in [-0.3, -0.25) is 14.4 Å². The Bertz CT molecular complexity index is 1000. The van der Waals surface area contributed by atoms with Gasteiger partial charge in [0.25, 0.3) is 5.91 Å². The maximum absolute atomic E-state index is 12.7. The van der Waals surface area contributed by atoms with Crippen molar-refractivity contribution in [1.29, 1.82) is 5.26 Å². The van der Waals surface area contributed by atoms with Crippen LogP contribution in [0.4, 0.5) is 5.69 Å². The zero-order valence-corrected chi connectivity index (χ0v) is 18.5. The first-order valence-corrected chi connectivity index (χ1v) is 10.2. The van der Waals surface area contributed by atoms with Crippen LogP contribution in [0.1, 0.15) is 51.9 Å². The lowest BCUT2D eigenvalue weighted by Gasteiger charge is -2.22. The van der Waals surface area contributed by atoms with Crippen LogP contribution in [0, 0.1) is 39.0 Å². The van der Waals surface area contributed by atoms with Gasteiger partial charge in [-0.2, -0.15) is 5.26 Å². The smallest absolute Gasteiger partial charge is 0.306 e. The molecule has 2 aromatic carbocycles. The molecule has 6 heteroatoms. The van der Waals surface area contributed by atoms with E-state index in [9.17, 15) is 14.4 Å². The van der Waals surface area contributed by atoms with Crippen LogP contribution >= 0.6 is 0 Å². The summed E-state index contributed by atoms with van der Waals surface area (Å²) in [6, 6.07) is 13.3. The fourth-order valence-electron chi connectivity index (χ4n) is 3.34. The van der Waals surface area contributed by atoms with E-state index >= 15 is 0 Å². The predicted molar refractivity (Wildman–Crippen MR) is 119 cm³/mol. The molecule has 0 saturated heterocycles. The number of rotatable bonds is 9. The number of amides is 1. The summed E-state index contributed by atoms with van der Waals surface area (Å²) in [4.78, 5) is 38.7. The molecule has 0 aliphatic rings. The van der Waals surface area contributed by atoms with Crippen LogP contribution < -0.4 is 4.90 Å². The molecule has 0 atom stereocenters. The molecule has 0 fully saturated rings. The van der Waals surface area contributed by atoms with Gasteiger partial charge in [0, 0.05) is 24.2 Å². The third-order valence-electron chi connectivity index (χ3n) is 4.87. The van der Waals surface area contributed by atoms with E-state index < -0.39 is 18.5 Å². The van der Waals surface area contributed by atoms with Crippen LogP contribution in [-0.2, 0) is 14.3 Å². The average molecular weight is 421 g/mol. The van der Waals surface area contributed by atoms with E-state index in [4.69, 9.17) is 10.00 Å². The first-order chi connectivity index (χ1) is 14.7. The molecule has 0 radical (unpaired) electrons. The summed E-state index contributed by atoms with van der Waals surface area (Å²) in [5, 5.41) is 8.92. The maximum atomic E-state index is 12.7. The number of esters is 1. The highest BCUT2D eigenvalue weighted by Gasteiger charge is 2.19. The molecule has 31 heavy (non-hydrogen) atoms. The van der Waals surface area contributed by atoms with Crippen molar-refractivity contribution in [3.05, 3.63) is 64.2 Å². The lowest BCUT2D eigenvalue weighted by molar-refractivity contribution is -0.147.